The lowest BCUT2D eigenvalue weighted by Gasteiger charge is -1.64. The van der Waals surface area contributed by atoms with Crippen molar-refractivity contribution in [2.75, 3.05) is 0 Å². The van der Waals surface area contributed by atoms with Crippen LogP contribution in [0.1, 0.15) is 12.8 Å². The van der Waals surface area contributed by atoms with E-state index in [1.165, 1.54) is 4.05 Å². The maximum absolute atomic E-state index is 2.58. The van der Waals surface area contributed by atoms with Crippen molar-refractivity contribution < 1.29 is 0 Å². The van der Waals surface area contributed by atoms with Gasteiger partial charge in [-0.15, -0.1) is 4.05 Å². The zero-order valence-corrected chi connectivity index (χ0v) is 6.65. The molecule has 0 N–H and O–H groups in total. The summed E-state index contributed by atoms with van der Waals surface area (Å²) in [5.74, 6) is 0. The van der Waals surface area contributed by atoms with Gasteiger partial charge < -0.3 is 18.9 Å². The third-order valence-corrected chi connectivity index (χ3v) is 5.90. The molecule has 0 spiro atoms. The maximum atomic E-state index is 2.58. The summed E-state index contributed by atoms with van der Waals surface area (Å²) in [7, 11) is 0. The SMILES string of the molecule is [I][Mg][CH]1CC1. The minimum Gasteiger partial charge on any atom is -0.301 e. The molecule has 26 valence electrons. The molecule has 1 saturated carbocycles. The molecule has 2 heteroatoms. The van der Waals surface area contributed by atoms with Gasteiger partial charge >= 0.3 is 16.5 Å². The van der Waals surface area contributed by atoms with Crippen molar-refractivity contribution in [2.24, 2.45) is 0 Å². The Balaban J connectivity index is 2.00. The average molecular weight is 192 g/mol. The van der Waals surface area contributed by atoms with Crippen molar-refractivity contribution in [3.63, 3.8) is 0 Å². The Morgan fingerprint density at radius 3 is 2.20 bits per heavy atom. The number of rotatable bonds is 1. The standard InChI is InChI=1S/C3H5.HI.Mg/c1-2-3-1;;/h1H,2-3H2;1H;/q;;+1/p-1. The van der Waals surface area contributed by atoms with E-state index in [1.807, 2.05) is 0 Å². The highest BCUT2D eigenvalue weighted by Gasteiger charge is 2.20. The van der Waals surface area contributed by atoms with Crippen molar-refractivity contribution >= 4 is 35.3 Å². The fourth-order valence-electron chi connectivity index (χ4n) is 0.272. The largest absolute Gasteiger partial charge is 0.467 e. The van der Waals surface area contributed by atoms with Crippen molar-refractivity contribution in [1.29, 1.82) is 0 Å². The van der Waals surface area contributed by atoms with E-state index in [2.05, 4.69) is 18.9 Å². The molecule has 0 radical (unpaired) electrons. The molecule has 0 atom stereocenters. The Bertz CT molecular complexity index is 33.9. The van der Waals surface area contributed by atoms with E-state index < -0.39 is 0 Å². The molecule has 0 bridgehead atoms. The maximum Gasteiger partial charge on any atom is 0.467 e. The zero-order chi connectivity index (χ0) is 3.70. The van der Waals surface area contributed by atoms with Gasteiger partial charge in [0.05, 0.1) is 0 Å². The Hall–Kier alpha value is 1.50. The molecule has 1 aliphatic rings. The number of hydrogen-bond acceptors (Lipinski definition) is 0. The van der Waals surface area contributed by atoms with Gasteiger partial charge in [0, 0.05) is 0 Å². The molecule has 0 amide bonds. The first kappa shape index (κ1) is 4.65. The summed E-state index contributed by atoms with van der Waals surface area (Å²) in [5.41, 5.74) is 0. The monoisotopic (exact) mass is 192 g/mol. The Morgan fingerprint density at radius 1 is 1.60 bits per heavy atom. The third kappa shape index (κ3) is 1.59. The number of halogens is 1. The fraction of sp³-hybridized carbons (Fsp3) is 1.00. The second kappa shape index (κ2) is 1.98. The second-order valence-corrected chi connectivity index (χ2v) is 5.70. The van der Waals surface area contributed by atoms with E-state index in [0.717, 1.165) is 0 Å². The zero-order valence-electron chi connectivity index (χ0n) is 3.08. The second-order valence-electron chi connectivity index (χ2n) is 1.60. The van der Waals surface area contributed by atoms with E-state index in [1.54, 1.807) is 12.8 Å². The molecule has 0 nitrogen and oxygen atoms in total. The van der Waals surface area contributed by atoms with Crippen molar-refractivity contribution in [3.8, 4) is 0 Å². The van der Waals surface area contributed by atoms with E-state index in [4.69, 9.17) is 0 Å². The first-order chi connectivity index (χ1) is 2.43. The Labute approximate surface area is 51.8 Å². The van der Waals surface area contributed by atoms with Crippen LogP contribution in [0, 0.1) is 0 Å². The molecule has 0 aromatic heterocycles. The predicted molar refractivity (Wildman–Crippen MR) is 32.8 cm³/mol. The van der Waals surface area contributed by atoms with E-state index in [9.17, 15) is 0 Å². The molecular weight excluding hydrogens is 187 g/mol. The van der Waals surface area contributed by atoms with Crippen LogP contribution in [0.2, 0.25) is 4.05 Å². The van der Waals surface area contributed by atoms with E-state index in [0.29, 0.717) is 16.5 Å². The summed E-state index contributed by atoms with van der Waals surface area (Å²) in [6, 6.07) is 0. The van der Waals surface area contributed by atoms with E-state index in [-0.39, 0.29) is 0 Å². The van der Waals surface area contributed by atoms with Gasteiger partial charge in [-0.3, -0.25) is 0 Å². The van der Waals surface area contributed by atoms with Gasteiger partial charge in [-0.05, 0) is 0 Å². The highest BCUT2D eigenvalue weighted by Crippen LogP contribution is 2.36. The van der Waals surface area contributed by atoms with Crippen LogP contribution in [0.4, 0.5) is 0 Å². The summed E-state index contributed by atoms with van der Waals surface area (Å²) < 4.78 is 1.26. The van der Waals surface area contributed by atoms with Crippen LogP contribution in [0.25, 0.3) is 0 Å². The van der Waals surface area contributed by atoms with Gasteiger partial charge in [-0.25, -0.2) is 0 Å². The van der Waals surface area contributed by atoms with Gasteiger partial charge in [-0.2, -0.15) is 0 Å². The Kier molecular flexibility index (Phi) is 1.84. The summed E-state index contributed by atoms with van der Waals surface area (Å²) in [4.78, 5) is 0. The average Bonchev–Trinajstić information content (AvgIpc) is 2.12. The molecule has 0 heterocycles. The van der Waals surface area contributed by atoms with Crippen LogP contribution in [-0.4, -0.2) is 16.5 Å². The third-order valence-electron chi connectivity index (χ3n) is 0.915. The molecule has 5 heavy (non-hydrogen) atoms. The fourth-order valence-corrected chi connectivity index (χ4v) is 3.46. The minimum atomic E-state index is 0.430. The van der Waals surface area contributed by atoms with Gasteiger partial charge in [0.1, 0.15) is 0 Å². The predicted octanol–water partition coefficient (Wildman–Crippen LogP) is 1.62. The van der Waals surface area contributed by atoms with E-state index >= 15 is 0 Å². The highest BCUT2D eigenvalue weighted by molar-refractivity contribution is 14.1. The summed E-state index contributed by atoms with van der Waals surface area (Å²) in [6.07, 6.45) is 3.13. The molecule has 0 aliphatic heterocycles. The van der Waals surface area contributed by atoms with Gasteiger partial charge in [0.2, 0.25) is 0 Å². The van der Waals surface area contributed by atoms with Crippen LogP contribution in [0.15, 0.2) is 0 Å². The van der Waals surface area contributed by atoms with Crippen molar-refractivity contribution in [3.05, 3.63) is 0 Å². The lowest BCUT2D eigenvalue weighted by Crippen LogP contribution is -1.65. The summed E-state index contributed by atoms with van der Waals surface area (Å²) >= 11 is 3.01. The molecule has 0 aromatic rings. The quantitative estimate of drug-likeness (QED) is 0.437. The molecule has 0 unspecified atom stereocenters. The van der Waals surface area contributed by atoms with Crippen LogP contribution in [0.5, 0.6) is 0 Å². The van der Waals surface area contributed by atoms with Crippen LogP contribution < -0.4 is 0 Å². The van der Waals surface area contributed by atoms with Gasteiger partial charge in [-0.1, -0.05) is 12.8 Å². The Morgan fingerprint density at radius 2 is 2.20 bits per heavy atom. The lowest BCUT2D eigenvalue weighted by molar-refractivity contribution is 1.47. The van der Waals surface area contributed by atoms with Crippen molar-refractivity contribution in [2.45, 2.75) is 16.9 Å². The first-order valence-electron chi connectivity index (χ1n) is 1.99. The van der Waals surface area contributed by atoms with Gasteiger partial charge in [0.25, 0.3) is 0 Å². The summed E-state index contributed by atoms with van der Waals surface area (Å²) in [5, 5.41) is 0. The molecule has 0 aromatic carbocycles. The number of hydrogen-bond donors (Lipinski definition) is 0. The van der Waals surface area contributed by atoms with Crippen LogP contribution in [-0.2, 0) is 0 Å². The van der Waals surface area contributed by atoms with Gasteiger partial charge in [0.15, 0.2) is 0 Å². The topological polar surface area (TPSA) is 0 Å². The minimum absolute atomic E-state index is 0.430. The van der Waals surface area contributed by atoms with Crippen LogP contribution >= 0.6 is 18.9 Å². The highest BCUT2D eigenvalue weighted by atomic mass is 127. The first-order valence-corrected chi connectivity index (χ1v) is 7.92. The smallest absolute Gasteiger partial charge is 0.301 e. The lowest BCUT2D eigenvalue weighted by atomic mass is 11.0. The molecule has 1 rings (SSSR count). The molecule has 1 fully saturated rings. The normalized spacial score (nSPS) is 21.8. The molecule has 1 aliphatic carbocycles. The molecule has 0 saturated heterocycles. The summed E-state index contributed by atoms with van der Waals surface area (Å²) in [6.45, 7) is 0. The molecular formula is C3H5IMg. The van der Waals surface area contributed by atoms with Crippen LogP contribution in [0.3, 0.4) is 0 Å². The van der Waals surface area contributed by atoms with Crippen molar-refractivity contribution in [1.82, 2.24) is 0 Å².